The summed E-state index contributed by atoms with van der Waals surface area (Å²) in [6.07, 6.45) is 1.33. The van der Waals surface area contributed by atoms with Crippen LogP contribution < -0.4 is 11.5 Å². The fourth-order valence-electron chi connectivity index (χ4n) is 1.67. The summed E-state index contributed by atoms with van der Waals surface area (Å²) in [7, 11) is 0. The van der Waals surface area contributed by atoms with Gasteiger partial charge in [0, 0.05) is 5.56 Å². The lowest BCUT2D eigenvalue weighted by atomic mass is 10.2. The Morgan fingerprint density at radius 1 is 1.17 bits per heavy atom. The molecule has 7 heteroatoms. The molecule has 0 fully saturated rings. The Morgan fingerprint density at radius 3 is 2.72 bits per heavy atom. The third-order valence-corrected chi connectivity index (χ3v) is 2.59. The van der Waals surface area contributed by atoms with E-state index in [1.807, 2.05) is 0 Å². The summed E-state index contributed by atoms with van der Waals surface area (Å²) in [6, 6.07) is 4.36. The fraction of sp³-hybridized carbons (Fsp3) is 0. The van der Waals surface area contributed by atoms with Gasteiger partial charge in [0.1, 0.15) is 23.5 Å². The van der Waals surface area contributed by atoms with Gasteiger partial charge in [0.2, 0.25) is 0 Å². The van der Waals surface area contributed by atoms with Crippen LogP contribution in [-0.4, -0.2) is 19.9 Å². The maximum absolute atomic E-state index is 13.1. The molecule has 0 aliphatic rings. The summed E-state index contributed by atoms with van der Waals surface area (Å²) in [5.74, 6) is 0.368. The molecule has 3 aromatic rings. The summed E-state index contributed by atoms with van der Waals surface area (Å²) >= 11 is 0. The molecule has 0 bridgehead atoms. The van der Waals surface area contributed by atoms with Crippen molar-refractivity contribution in [3.63, 3.8) is 0 Å². The molecule has 90 valence electrons. The number of aromatic nitrogens is 4. The summed E-state index contributed by atoms with van der Waals surface area (Å²) in [4.78, 5) is 15.1. The quantitative estimate of drug-likeness (QED) is 0.560. The molecule has 1 aromatic carbocycles. The van der Waals surface area contributed by atoms with Crippen molar-refractivity contribution < 1.29 is 4.39 Å². The molecule has 0 unspecified atom stereocenters. The van der Waals surface area contributed by atoms with Crippen LogP contribution in [0.2, 0.25) is 0 Å². The van der Waals surface area contributed by atoms with Crippen molar-refractivity contribution in [3.05, 3.63) is 30.3 Å². The smallest absolute Gasteiger partial charge is 0.183 e. The van der Waals surface area contributed by atoms with Crippen molar-refractivity contribution in [2.75, 3.05) is 11.5 Å². The number of anilines is 2. The number of nitrogens with one attached hydrogen (secondary N) is 1. The van der Waals surface area contributed by atoms with Gasteiger partial charge in [-0.1, -0.05) is 0 Å². The van der Waals surface area contributed by atoms with Crippen molar-refractivity contribution in [2.24, 2.45) is 0 Å². The average molecular weight is 244 g/mol. The zero-order chi connectivity index (χ0) is 12.7. The first kappa shape index (κ1) is 10.5. The van der Waals surface area contributed by atoms with Crippen LogP contribution in [0.25, 0.3) is 22.6 Å². The second-order valence-corrected chi connectivity index (χ2v) is 3.78. The number of fused-ring (bicyclic) bond motifs is 1. The van der Waals surface area contributed by atoms with Crippen LogP contribution in [0, 0.1) is 5.82 Å². The maximum Gasteiger partial charge on any atom is 0.183 e. The number of nitrogen functional groups attached to an aromatic ring is 2. The van der Waals surface area contributed by atoms with Gasteiger partial charge < -0.3 is 16.5 Å². The zero-order valence-electron chi connectivity index (χ0n) is 9.18. The lowest BCUT2D eigenvalue weighted by molar-refractivity contribution is 0.632. The molecule has 18 heavy (non-hydrogen) atoms. The van der Waals surface area contributed by atoms with E-state index in [0.717, 1.165) is 0 Å². The molecular weight excluding hydrogens is 235 g/mol. The SMILES string of the molecule is Nc1cc(-c2nc3ncnc(N)c3[nH]2)ccc1F. The van der Waals surface area contributed by atoms with Crippen LogP contribution in [0.15, 0.2) is 24.5 Å². The second kappa shape index (κ2) is 3.66. The number of rotatable bonds is 1. The van der Waals surface area contributed by atoms with Crippen molar-refractivity contribution >= 4 is 22.7 Å². The zero-order valence-corrected chi connectivity index (χ0v) is 9.18. The molecule has 0 radical (unpaired) electrons. The van der Waals surface area contributed by atoms with E-state index >= 15 is 0 Å². The van der Waals surface area contributed by atoms with Crippen LogP contribution in [0.5, 0.6) is 0 Å². The summed E-state index contributed by atoms with van der Waals surface area (Å²) < 4.78 is 13.1. The minimum atomic E-state index is -0.464. The Kier molecular flexibility index (Phi) is 2.12. The number of nitrogens with zero attached hydrogens (tertiary/aromatic N) is 3. The van der Waals surface area contributed by atoms with Gasteiger partial charge >= 0.3 is 0 Å². The molecule has 0 spiro atoms. The highest BCUT2D eigenvalue weighted by atomic mass is 19.1. The minimum Gasteiger partial charge on any atom is -0.396 e. The molecule has 2 heterocycles. The van der Waals surface area contributed by atoms with Crippen LogP contribution >= 0.6 is 0 Å². The van der Waals surface area contributed by atoms with Crippen molar-refractivity contribution in [1.29, 1.82) is 0 Å². The molecular formula is C11H9FN6. The fourth-order valence-corrected chi connectivity index (χ4v) is 1.67. The maximum atomic E-state index is 13.1. The van der Waals surface area contributed by atoms with Crippen LogP contribution in [-0.2, 0) is 0 Å². The molecule has 0 aliphatic carbocycles. The van der Waals surface area contributed by atoms with E-state index in [1.165, 1.54) is 18.5 Å². The van der Waals surface area contributed by atoms with Gasteiger partial charge in [0.15, 0.2) is 11.5 Å². The standard InChI is InChI=1S/C11H9FN6/c12-6-2-1-5(3-7(6)13)10-17-8-9(14)15-4-16-11(8)18-10/h1-4H,13H2,(H3,14,15,16,17,18). The van der Waals surface area contributed by atoms with Gasteiger partial charge in [-0.2, -0.15) is 0 Å². The predicted molar refractivity (Wildman–Crippen MR) is 65.9 cm³/mol. The highest BCUT2D eigenvalue weighted by Crippen LogP contribution is 2.24. The van der Waals surface area contributed by atoms with Gasteiger partial charge in [-0.05, 0) is 18.2 Å². The lowest BCUT2D eigenvalue weighted by Crippen LogP contribution is -1.92. The monoisotopic (exact) mass is 244 g/mol. The molecule has 0 saturated heterocycles. The van der Waals surface area contributed by atoms with E-state index in [2.05, 4.69) is 19.9 Å². The largest absolute Gasteiger partial charge is 0.396 e. The summed E-state index contributed by atoms with van der Waals surface area (Å²) in [6.45, 7) is 0. The third kappa shape index (κ3) is 1.53. The minimum absolute atomic E-state index is 0.0620. The van der Waals surface area contributed by atoms with Gasteiger partial charge in [0.05, 0.1) is 5.69 Å². The van der Waals surface area contributed by atoms with Crippen LogP contribution in [0.3, 0.4) is 0 Å². The van der Waals surface area contributed by atoms with Crippen LogP contribution in [0.4, 0.5) is 15.9 Å². The van der Waals surface area contributed by atoms with Crippen molar-refractivity contribution in [3.8, 4) is 11.4 Å². The molecule has 0 aliphatic heterocycles. The highest BCUT2D eigenvalue weighted by molar-refractivity contribution is 5.84. The van der Waals surface area contributed by atoms with Gasteiger partial charge in [-0.25, -0.2) is 19.3 Å². The summed E-state index contributed by atoms with van der Waals surface area (Å²) in [5, 5.41) is 0. The van der Waals surface area contributed by atoms with Crippen LogP contribution in [0.1, 0.15) is 0 Å². The van der Waals surface area contributed by atoms with E-state index in [4.69, 9.17) is 11.5 Å². The topological polar surface area (TPSA) is 106 Å². The van der Waals surface area contributed by atoms with Gasteiger partial charge in [-0.3, -0.25) is 0 Å². The number of nitrogens with two attached hydrogens (primary N) is 2. The number of halogens is 1. The molecule has 0 atom stereocenters. The van der Waals surface area contributed by atoms with E-state index in [9.17, 15) is 4.39 Å². The second-order valence-electron chi connectivity index (χ2n) is 3.78. The first-order valence-corrected chi connectivity index (χ1v) is 5.17. The Bertz CT molecular complexity index is 735. The molecule has 2 aromatic heterocycles. The third-order valence-electron chi connectivity index (χ3n) is 2.59. The number of hydrogen-bond donors (Lipinski definition) is 3. The van der Waals surface area contributed by atoms with Gasteiger partial charge in [-0.15, -0.1) is 0 Å². The number of hydrogen-bond acceptors (Lipinski definition) is 5. The summed E-state index contributed by atoms with van der Waals surface area (Å²) in [5.41, 5.74) is 12.9. The number of H-pyrrole nitrogens is 1. The molecule has 0 saturated carbocycles. The molecule has 0 amide bonds. The number of benzene rings is 1. The predicted octanol–water partition coefficient (Wildman–Crippen LogP) is 1.32. The Balaban J connectivity index is 2.19. The number of imidazole rings is 1. The molecule has 6 nitrogen and oxygen atoms in total. The van der Waals surface area contributed by atoms with Crippen molar-refractivity contribution in [2.45, 2.75) is 0 Å². The Hall–Kier alpha value is -2.70. The Morgan fingerprint density at radius 2 is 2.00 bits per heavy atom. The number of aromatic amines is 1. The first-order valence-electron chi connectivity index (χ1n) is 5.17. The van der Waals surface area contributed by atoms with E-state index < -0.39 is 5.82 Å². The molecule has 5 N–H and O–H groups in total. The van der Waals surface area contributed by atoms with E-state index in [-0.39, 0.29) is 5.69 Å². The average Bonchev–Trinajstić information content (AvgIpc) is 2.78. The first-order chi connectivity index (χ1) is 8.65. The van der Waals surface area contributed by atoms with E-state index in [0.29, 0.717) is 28.4 Å². The Labute approximate surface area is 101 Å². The normalized spacial score (nSPS) is 10.9. The lowest BCUT2D eigenvalue weighted by Gasteiger charge is -1.99. The molecule has 3 rings (SSSR count). The van der Waals surface area contributed by atoms with Gasteiger partial charge in [0.25, 0.3) is 0 Å². The van der Waals surface area contributed by atoms with Crippen molar-refractivity contribution in [1.82, 2.24) is 19.9 Å². The van der Waals surface area contributed by atoms with E-state index in [1.54, 1.807) is 6.07 Å². The highest BCUT2D eigenvalue weighted by Gasteiger charge is 2.10.